The summed E-state index contributed by atoms with van der Waals surface area (Å²) in [6.07, 6.45) is 2.03. The van der Waals surface area contributed by atoms with E-state index in [0.717, 1.165) is 37.4 Å². The molecule has 2 rings (SSSR count). The van der Waals surface area contributed by atoms with Crippen LogP contribution in [0.1, 0.15) is 107 Å². The molecule has 0 saturated carbocycles. The molecular weight excluding hydrogens is 777 g/mol. The first-order valence-electron chi connectivity index (χ1n) is 14.4. The van der Waals surface area contributed by atoms with Crippen molar-refractivity contribution in [2.45, 2.75) is 102 Å². The summed E-state index contributed by atoms with van der Waals surface area (Å²) in [5.74, 6) is 0.535. The maximum Gasteiger partial charge on any atom is 0.338 e. The maximum atomic E-state index is 11.9. The SMILES string of the molecule is CC(C)(C)COC(=O)c1ccc(CC(C)(C)C)cc1.CC(C)(C)Cc1ccc(OC(C)(C)C)c(N)c1.[2H]C#N.[2H]C#N.[CH3-].[Y].[Y].[Y]. The topological polar surface area (TPSA) is 109 Å². The second-order valence-corrected chi connectivity index (χ2v) is 14.4. The smallest absolute Gasteiger partial charge is 0.338 e. The van der Waals surface area contributed by atoms with E-state index in [4.69, 9.17) is 28.5 Å². The van der Waals surface area contributed by atoms with Gasteiger partial charge in [0, 0.05) is 111 Å². The third-order valence-electron chi connectivity index (χ3n) is 4.79. The van der Waals surface area contributed by atoms with E-state index in [-0.39, 0.29) is 133 Å². The van der Waals surface area contributed by atoms with Gasteiger partial charge in [-0.05, 0) is 85.3 Å². The standard InChI is InChI=1S/C17H26O2.C15H25NO.2CHN.CH3.3Y/c1-16(2,3)11-13-7-9-14(10-8-13)15(18)19-12-17(4,5)6;1-14(2,3)10-11-7-8-13(12(16)9-11)17-15(4,5)6;2*1-2;;;;/h7-10H,11-12H2,1-6H3;7-9H,10,16H2,1-6H3;2*1H;1H3;;;/q;;;;-1;;;/i;;2*1D;;;;. The number of nitrogens with zero attached hydrogens (tertiary/aromatic N) is 2. The summed E-state index contributed by atoms with van der Waals surface area (Å²) >= 11 is 0. The number of hydrogen-bond acceptors (Lipinski definition) is 6. The predicted octanol–water partition coefficient (Wildman–Crippen LogP) is 9.24. The van der Waals surface area contributed by atoms with Crippen LogP contribution in [0.2, 0.25) is 0 Å². The van der Waals surface area contributed by atoms with Gasteiger partial charge in [0.2, 0.25) is 0 Å². The number of benzene rings is 2. The first-order chi connectivity index (χ1) is 19.0. The molecule has 0 spiro atoms. The van der Waals surface area contributed by atoms with Crippen molar-refractivity contribution in [3.8, 4) is 18.8 Å². The second-order valence-electron chi connectivity index (χ2n) is 14.4. The zero-order chi connectivity index (χ0) is 33.4. The van der Waals surface area contributed by atoms with Crippen LogP contribution in [-0.2, 0) is 116 Å². The summed E-state index contributed by atoms with van der Waals surface area (Å²) in [4.78, 5) is 11.9. The molecule has 0 saturated heterocycles. The minimum absolute atomic E-state index is 0. The van der Waals surface area contributed by atoms with Gasteiger partial charge >= 0.3 is 5.97 Å². The van der Waals surface area contributed by atoms with E-state index in [2.05, 4.69) is 47.6 Å². The Balaban J connectivity index is -0.000000138. The summed E-state index contributed by atoms with van der Waals surface area (Å²) in [7, 11) is 0. The van der Waals surface area contributed by atoms with Crippen LogP contribution in [0, 0.1) is 47.3 Å². The molecule has 0 aliphatic heterocycles. The van der Waals surface area contributed by atoms with Crippen LogP contribution in [-0.4, -0.2) is 18.2 Å². The number of anilines is 1. The molecule has 0 unspecified atom stereocenters. The van der Waals surface area contributed by atoms with Crippen LogP contribution in [0.15, 0.2) is 42.5 Å². The van der Waals surface area contributed by atoms with Gasteiger partial charge in [-0.1, -0.05) is 80.5 Å². The Hall–Kier alpha value is -0.198. The Morgan fingerprint density at radius 3 is 1.48 bits per heavy atom. The Morgan fingerprint density at radius 1 is 0.750 bits per heavy atom. The van der Waals surface area contributed by atoms with E-state index < -0.39 is 0 Å². The molecular formula is C35H56N3O3Y3-. The van der Waals surface area contributed by atoms with Crippen LogP contribution in [0.25, 0.3) is 0 Å². The van der Waals surface area contributed by atoms with Crippen molar-refractivity contribution < 1.29 is 115 Å². The van der Waals surface area contributed by atoms with Crippen molar-refractivity contribution in [1.29, 1.82) is 10.5 Å². The molecule has 0 heterocycles. The zero-order valence-corrected chi connectivity index (χ0v) is 38.1. The number of carbonyl (C=O) groups is 1. The quantitative estimate of drug-likeness (QED) is 0.183. The molecule has 6 nitrogen and oxygen atoms in total. The molecule has 2 aromatic rings. The molecule has 0 bridgehead atoms. The van der Waals surface area contributed by atoms with Gasteiger partial charge in [-0.15, -0.1) is 0 Å². The minimum atomic E-state index is -0.239. The normalized spacial score (nSPS) is 10.6. The van der Waals surface area contributed by atoms with Crippen LogP contribution in [0.5, 0.6) is 5.75 Å². The van der Waals surface area contributed by atoms with Gasteiger partial charge in [0.15, 0.2) is 2.74 Å². The number of ether oxygens (including phenoxy) is 2. The fraction of sp³-hybridized carbons (Fsp3) is 0.543. The molecule has 0 aromatic heterocycles. The number of esters is 1. The van der Waals surface area contributed by atoms with E-state index >= 15 is 0 Å². The van der Waals surface area contributed by atoms with Crippen molar-refractivity contribution in [1.82, 2.24) is 0 Å². The number of carbonyl (C=O) groups excluding carboxylic acids is 1. The van der Waals surface area contributed by atoms with E-state index in [0.29, 0.717) is 12.2 Å². The maximum absolute atomic E-state index is 11.9. The van der Waals surface area contributed by atoms with Crippen molar-refractivity contribution in [3.05, 3.63) is 66.6 Å². The van der Waals surface area contributed by atoms with Crippen LogP contribution in [0.4, 0.5) is 5.69 Å². The van der Waals surface area contributed by atoms with Crippen LogP contribution < -0.4 is 10.5 Å². The first kappa shape index (κ1) is 50.7. The monoisotopic (exact) mass is 835 g/mol. The summed E-state index contributed by atoms with van der Waals surface area (Å²) in [6, 6.07) is 13.8. The minimum Gasteiger partial charge on any atom is -0.486 e. The van der Waals surface area contributed by atoms with Crippen molar-refractivity contribution in [3.63, 3.8) is 0 Å². The predicted molar refractivity (Wildman–Crippen MR) is 173 cm³/mol. The van der Waals surface area contributed by atoms with Crippen molar-refractivity contribution in [2.75, 3.05) is 12.3 Å². The number of hydrogen-bond donors (Lipinski definition) is 1. The van der Waals surface area contributed by atoms with Crippen LogP contribution in [0.3, 0.4) is 0 Å². The van der Waals surface area contributed by atoms with Crippen LogP contribution >= 0.6 is 0 Å². The third kappa shape index (κ3) is 30.5. The van der Waals surface area contributed by atoms with E-state index in [1.165, 1.54) is 11.1 Å². The van der Waals surface area contributed by atoms with Gasteiger partial charge in [-0.2, -0.15) is 0 Å². The average molecular weight is 836 g/mol. The van der Waals surface area contributed by atoms with Gasteiger partial charge in [0.1, 0.15) is 11.4 Å². The number of nitriles is 2. The zero-order valence-electron chi connectivity index (χ0n) is 31.6. The molecule has 0 fully saturated rings. The molecule has 3 radical (unpaired) electrons. The number of rotatable bonds is 5. The molecule has 0 aliphatic rings. The Kier molecular flexibility index (Phi) is 29.7. The number of nitrogens with two attached hydrogens (primary N) is 1. The summed E-state index contributed by atoms with van der Waals surface area (Å²) in [5, 5.41) is 14.0. The Labute approximate surface area is 348 Å². The molecule has 0 aliphatic carbocycles. The molecule has 2 N–H and O–H groups in total. The molecule has 0 atom stereocenters. The van der Waals surface area contributed by atoms with Gasteiger partial charge in [0.25, 0.3) is 0 Å². The first-order valence-corrected chi connectivity index (χ1v) is 13.4. The van der Waals surface area contributed by atoms with Gasteiger partial charge in [-0.3, -0.25) is 0 Å². The summed E-state index contributed by atoms with van der Waals surface area (Å²) in [5.41, 5.74) is 10.2. The second kappa shape index (κ2) is 25.8. The fourth-order valence-electron chi connectivity index (χ4n) is 3.48. The number of nitrogen functional groups attached to an aromatic ring is 1. The van der Waals surface area contributed by atoms with Gasteiger partial charge < -0.3 is 22.6 Å². The fourth-order valence-corrected chi connectivity index (χ4v) is 3.48. The van der Waals surface area contributed by atoms with Gasteiger partial charge in [0.05, 0.1) is 17.9 Å². The van der Waals surface area contributed by atoms with Crippen molar-refractivity contribution in [2.24, 2.45) is 16.2 Å². The van der Waals surface area contributed by atoms with E-state index in [1.807, 2.05) is 77.9 Å². The Bertz CT molecular complexity index is 1160. The van der Waals surface area contributed by atoms with E-state index in [9.17, 15) is 4.79 Å². The summed E-state index contributed by atoms with van der Waals surface area (Å²) in [6.45, 7) is 28.0. The Morgan fingerprint density at radius 2 is 1.14 bits per heavy atom. The average Bonchev–Trinajstić information content (AvgIpc) is 2.78. The van der Waals surface area contributed by atoms with E-state index in [1.54, 1.807) is 0 Å². The molecule has 0 amide bonds. The molecule has 9 heteroatoms. The molecule has 239 valence electrons. The largest absolute Gasteiger partial charge is 0.486 e. The summed E-state index contributed by atoms with van der Waals surface area (Å²) < 4.78 is 22.1. The third-order valence-corrected chi connectivity index (χ3v) is 4.79. The molecule has 44 heavy (non-hydrogen) atoms. The van der Waals surface area contributed by atoms with Crippen molar-refractivity contribution >= 4 is 11.7 Å². The van der Waals surface area contributed by atoms with Gasteiger partial charge in [-0.25, -0.2) is 15.3 Å². The molecule has 2 aromatic carbocycles.